The third-order valence-electron chi connectivity index (χ3n) is 4.23. The molecule has 5 nitrogen and oxygen atoms in total. The van der Waals surface area contributed by atoms with Gasteiger partial charge in [0.2, 0.25) is 0 Å². The van der Waals surface area contributed by atoms with E-state index in [0.717, 1.165) is 42.2 Å². The lowest BCUT2D eigenvalue weighted by atomic mass is 9.99. The van der Waals surface area contributed by atoms with Gasteiger partial charge in [0.25, 0.3) is 0 Å². The number of ether oxygens (including phenoxy) is 1. The van der Waals surface area contributed by atoms with Crippen molar-refractivity contribution in [3.8, 4) is 10.6 Å². The van der Waals surface area contributed by atoms with Gasteiger partial charge < -0.3 is 15.0 Å². The fourth-order valence-corrected chi connectivity index (χ4v) is 3.96. The number of nitrogens with one attached hydrogen (secondary N) is 1. The monoisotopic (exact) mass is 345 g/mol. The van der Waals surface area contributed by atoms with Crippen LogP contribution in [-0.4, -0.2) is 42.7 Å². The van der Waals surface area contributed by atoms with Crippen LogP contribution in [0.5, 0.6) is 0 Å². The molecule has 0 radical (unpaired) electrons. The number of methoxy groups -OCH3 is 1. The van der Waals surface area contributed by atoms with E-state index in [1.54, 1.807) is 24.6 Å². The van der Waals surface area contributed by atoms with Crippen LogP contribution in [0.4, 0.5) is 10.5 Å². The lowest BCUT2D eigenvalue weighted by Gasteiger charge is -2.32. The zero-order valence-corrected chi connectivity index (χ0v) is 14.9. The molecular formula is C18H23N3O2S. The lowest BCUT2D eigenvalue weighted by Crippen LogP contribution is -2.43. The molecule has 0 aliphatic carbocycles. The van der Waals surface area contributed by atoms with E-state index in [-0.39, 0.29) is 6.03 Å². The summed E-state index contributed by atoms with van der Waals surface area (Å²) in [5.74, 6) is 0.419. The molecule has 1 aliphatic heterocycles. The summed E-state index contributed by atoms with van der Waals surface area (Å²) in [5, 5.41) is 3.04. The van der Waals surface area contributed by atoms with E-state index in [0.29, 0.717) is 12.5 Å². The summed E-state index contributed by atoms with van der Waals surface area (Å²) in [4.78, 5) is 21.3. The number of anilines is 1. The van der Waals surface area contributed by atoms with Gasteiger partial charge in [0.15, 0.2) is 0 Å². The summed E-state index contributed by atoms with van der Waals surface area (Å²) in [6, 6.07) is 7.82. The normalized spacial score (nSPS) is 17.8. The van der Waals surface area contributed by atoms with Gasteiger partial charge in [-0.2, -0.15) is 0 Å². The molecule has 0 spiro atoms. The van der Waals surface area contributed by atoms with Gasteiger partial charge in [-0.1, -0.05) is 0 Å². The Labute approximate surface area is 146 Å². The molecule has 0 aromatic carbocycles. The molecule has 0 bridgehead atoms. The third-order valence-corrected chi connectivity index (χ3v) is 5.24. The molecule has 1 fully saturated rings. The van der Waals surface area contributed by atoms with E-state index < -0.39 is 0 Å². The Morgan fingerprint density at radius 3 is 3.08 bits per heavy atom. The third kappa shape index (κ3) is 3.94. The van der Waals surface area contributed by atoms with Gasteiger partial charge in [-0.3, -0.25) is 4.98 Å². The number of likely N-dealkylation sites (tertiary alicyclic amines) is 1. The topological polar surface area (TPSA) is 54.5 Å². The zero-order valence-electron chi connectivity index (χ0n) is 14.1. The minimum Gasteiger partial charge on any atom is -0.384 e. The summed E-state index contributed by atoms with van der Waals surface area (Å²) >= 11 is 1.68. The van der Waals surface area contributed by atoms with Crippen molar-refractivity contribution in [3.63, 3.8) is 0 Å². The highest BCUT2D eigenvalue weighted by Crippen LogP contribution is 2.31. The van der Waals surface area contributed by atoms with E-state index in [9.17, 15) is 4.79 Å². The number of hydrogen-bond donors (Lipinski definition) is 1. The first-order valence-electron chi connectivity index (χ1n) is 8.24. The second-order valence-corrected chi connectivity index (χ2v) is 7.44. The molecule has 6 heteroatoms. The van der Waals surface area contributed by atoms with Gasteiger partial charge in [-0.25, -0.2) is 4.79 Å². The van der Waals surface area contributed by atoms with Crippen LogP contribution >= 0.6 is 11.3 Å². The number of thiophene rings is 1. The van der Waals surface area contributed by atoms with Crippen molar-refractivity contribution in [3.05, 3.63) is 35.3 Å². The Hall–Kier alpha value is -1.92. The molecule has 1 aliphatic rings. The van der Waals surface area contributed by atoms with E-state index in [1.807, 2.05) is 23.1 Å². The van der Waals surface area contributed by atoms with Crippen molar-refractivity contribution >= 4 is 23.1 Å². The van der Waals surface area contributed by atoms with Crippen molar-refractivity contribution in [2.45, 2.75) is 19.8 Å². The lowest BCUT2D eigenvalue weighted by molar-refractivity contribution is 0.104. The average Bonchev–Trinajstić information content (AvgIpc) is 3.02. The quantitative estimate of drug-likeness (QED) is 0.911. The summed E-state index contributed by atoms with van der Waals surface area (Å²) in [7, 11) is 1.71. The number of aromatic nitrogens is 1. The predicted molar refractivity (Wildman–Crippen MR) is 97.5 cm³/mol. The van der Waals surface area contributed by atoms with Crippen LogP contribution < -0.4 is 5.32 Å². The van der Waals surface area contributed by atoms with Crippen molar-refractivity contribution in [2.24, 2.45) is 5.92 Å². The SMILES string of the molecule is COCC1CCCN(C(=O)Nc2cccnc2-c2ccc(C)s2)C1. The maximum absolute atomic E-state index is 12.7. The molecule has 128 valence electrons. The number of aryl methyl sites for hydroxylation is 1. The highest BCUT2D eigenvalue weighted by molar-refractivity contribution is 7.15. The van der Waals surface area contributed by atoms with Crippen LogP contribution in [0.2, 0.25) is 0 Å². The van der Waals surface area contributed by atoms with Crippen molar-refractivity contribution < 1.29 is 9.53 Å². The molecule has 1 atom stereocenters. The van der Waals surface area contributed by atoms with Crippen LogP contribution in [-0.2, 0) is 4.74 Å². The molecule has 2 amide bonds. The molecule has 2 aromatic heterocycles. The Bertz CT molecular complexity index is 699. The molecule has 1 unspecified atom stereocenters. The number of rotatable bonds is 4. The molecule has 2 aromatic rings. The number of piperidine rings is 1. The molecule has 3 rings (SSSR count). The maximum Gasteiger partial charge on any atom is 0.321 e. The van der Waals surface area contributed by atoms with Crippen LogP contribution in [0.15, 0.2) is 30.5 Å². The number of pyridine rings is 1. The van der Waals surface area contributed by atoms with Crippen LogP contribution in [0.1, 0.15) is 17.7 Å². The van der Waals surface area contributed by atoms with Gasteiger partial charge >= 0.3 is 6.03 Å². The minimum absolute atomic E-state index is 0.0571. The van der Waals surface area contributed by atoms with Crippen molar-refractivity contribution in [2.75, 3.05) is 32.1 Å². The molecule has 0 saturated carbocycles. The fourth-order valence-electron chi connectivity index (χ4n) is 3.08. The van der Waals surface area contributed by atoms with Gasteiger partial charge in [-0.05, 0) is 44.0 Å². The largest absolute Gasteiger partial charge is 0.384 e. The van der Waals surface area contributed by atoms with Crippen molar-refractivity contribution in [1.82, 2.24) is 9.88 Å². The van der Waals surface area contributed by atoms with Crippen LogP contribution in [0.3, 0.4) is 0 Å². The summed E-state index contributed by atoms with van der Waals surface area (Å²) in [5.41, 5.74) is 1.59. The second-order valence-electron chi connectivity index (χ2n) is 6.15. The van der Waals surface area contributed by atoms with Crippen LogP contribution in [0, 0.1) is 12.8 Å². The Morgan fingerprint density at radius 1 is 1.46 bits per heavy atom. The molecule has 24 heavy (non-hydrogen) atoms. The highest BCUT2D eigenvalue weighted by atomic mass is 32.1. The smallest absolute Gasteiger partial charge is 0.321 e. The Balaban J connectivity index is 1.73. The van der Waals surface area contributed by atoms with E-state index >= 15 is 0 Å². The number of nitrogens with zero attached hydrogens (tertiary/aromatic N) is 2. The number of urea groups is 1. The highest BCUT2D eigenvalue weighted by Gasteiger charge is 2.24. The number of carbonyl (C=O) groups excluding carboxylic acids is 1. The second kappa shape index (κ2) is 7.77. The summed E-state index contributed by atoms with van der Waals surface area (Å²) in [6.45, 7) is 4.31. The van der Waals surface area contributed by atoms with Gasteiger partial charge in [-0.15, -0.1) is 11.3 Å². The fraction of sp³-hybridized carbons (Fsp3) is 0.444. The molecular weight excluding hydrogens is 322 g/mol. The number of hydrogen-bond acceptors (Lipinski definition) is 4. The Kier molecular flexibility index (Phi) is 5.48. The van der Waals surface area contributed by atoms with E-state index in [2.05, 4.69) is 23.3 Å². The Morgan fingerprint density at radius 2 is 2.33 bits per heavy atom. The average molecular weight is 345 g/mol. The molecule has 1 N–H and O–H groups in total. The van der Waals surface area contributed by atoms with Gasteiger partial charge in [0.05, 0.1) is 17.2 Å². The van der Waals surface area contributed by atoms with Crippen LogP contribution in [0.25, 0.3) is 10.6 Å². The molecule has 3 heterocycles. The number of carbonyl (C=O) groups is 1. The van der Waals surface area contributed by atoms with Gasteiger partial charge in [0, 0.05) is 37.2 Å². The summed E-state index contributed by atoms with van der Waals surface area (Å²) < 4.78 is 5.24. The predicted octanol–water partition coefficient (Wildman–Crippen LogP) is 4.01. The molecule has 1 saturated heterocycles. The first-order chi connectivity index (χ1) is 11.7. The zero-order chi connectivity index (χ0) is 16.9. The summed E-state index contributed by atoms with van der Waals surface area (Å²) in [6.07, 6.45) is 3.89. The van der Waals surface area contributed by atoms with Gasteiger partial charge in [0.1, 0.15) is 5.69 Å². The standard InChI is InChI=1S/C18H23N3O2S/c1-13-7-8-16(24-13)17-15(6-3-9-19-17)20-18(22)21-10-4-5-14(11-21)12-23-2/h3,6-9,14H,4-5,10-12H2,1-2H3,(H,20,22). The van der Waals surface area contributed by atoms with E-state index in [1.165, 1.54) is 4.88 Å². The first kappa shape index (κ1) is 16.9. The van der Waals surface area contributed by atoms with E-state index in [4.69, 9.17) is 4.74 Å². The maximum atomic E-state index is 12.7. The van der Waals surface area contributed by atoms with Crippen molar-refractivity contribution in [1.29, 1.82) is 0 Å². The minimum atomic E-state index is -0.0571. The number of amides is 2. The first-order valence-corrected chi connectivity index (χ1v) is 9.05.